The van der Waals surface area contributed by atoms with Gasteiger partial charge in [-0.3, -0.25) is 14.4 Å². The fraction of sp³-hybridized carbons (Fsp3) is 0.600. The summed E-state index contributed by atoms with van der Waals surface area (Å²) in [6.45, 7) is 11.2. The van der Waals surface area contributed by atoms with Crippen molar-refractivity contribution < 1.29 is 28.7 Å². The lowest BCUT2D eigenvalue weighted by molar-refractivity contribution is -0.143. The van der Waals surface area contributed by atoms with Crippen molar-refractivity contribution in [1.29, 1.82) is 0 Å². The van der Waals surface area contributed by atoms with Gasteiger partial charge in [-0.25, -0.2) is 4.79 Å². The van der Waals surface area contributed by atoms with Gasteiger partial charge in [-0.1, -0.05) is 43.2 Å². The Balaban J connectivity index is 3.10. The van der Waals surface area contributed by atoms with E-state index < -0.39 is 35.5 Å². The van der Waals surface area contributed by atoms with Crippen molar-refractivity contribution >= 4 is 23.9 Å². The number of aryl methyl sites for hydroxylation is 1. The molecule has 2 N–H and O–H groups in total. The lowest BCUT2D eigenvalue weighted by atomic mass is 10.0. The molecular formula is C25H39N3O6. The van der Waals surface area contributed by atoms with Crippen LogP contribution in [0.3, 0.4) is 0 Å². The minimum Gasteiger partial charge on any atom is -0.466 e. The zero-order valence-corrected chi connectivity index (χ0v) is 21.2. The largest absolute Gasteiger partial charge is 0.466 e. The molecule has 9 nitrogen and oxygen atoms in total. The number of nitrogens with one attached hydrogen (secondary N) is 2. The van der Waals surface area contributed by atoms with Crippen LogP contribution in [0.2, 0.25) is 0 Å². The summed E-state index contributed by atoms with van der Waals surface area (Å²) in [5.74, 6) is -1.22. The van der Waals surface area contributed by atoms with E-state index in [1.807, 2.05) is 32.0 Å². The van der Waals surface area contributed by atoms with Gasteiger partial charge in [0.05, 0.1) is 13.0 Å². The van der Waals surface area contributed by atoms with E-state index in [4.69, 9.17) is 9.47 Å². The number of unbranched alkanes of at least 4 members (excludes halogenated alkanes) is 1. The molecule has 0 saturated heterocycles. The number of alkyl carbamates (subject to hydrolysis) is 1. The second-order valence-corrected chi connectivity index (χ2v) is 8.96. The Kier molecular flexibility index (Phi) is 12.1. The molecule has 1 rings (SSSR count). The topological polar surface area (TPSA) is 114 Å². The molecule has 0 spiro atoms. The van der Waals surface area contributed by atoms with Gasteiger partial charge in [-0.05, 0) is 46.6 Å². The van der Waals surface area contributed by atoms with E-state index in [1.54, 1.807) is 33.8 Å². The van der Waals surface area contributed by atoms with Crippen molar-refractivity contribution in [2.24, 2.45) is 0 Å². The fourth-order valence-corrected chi connectivity index (χ4v) is 3.22. The molecule has 0 aliphatic heterocycles. The summed E-state index contributed by atoms with van der Waals surface area (Å²) in [4.78, 5) is 51.6. The maximum Gasteiger partial charge on any atom is 0.408 e. The van der Waals surface area contributed by atoms with Gasteiger partial charge in [0.1, 0.15) is 18.2 Å². The Hall–Kier alpha value is -3.10. The van der Waals surface area contributed by atoms with Crippen LogP contribution in [0.4, 0.5) is 4.79 Å². The molecule has 0 aliphatic rings. The van der Waals surface area contributed by atoms with Gasteiger partial charge < -0.3 is 25.0 Å². The number of ether oxygens (including phenoxy) is 2. The summed E-state index contributed by atoms with van der Waals surface area (Å²) < 4.78 is 10.1. The highest BCUT2D eigenvalue weighted by molar-refractivity contribution is 5.90. The van der Waals surface area contributed by atoms with Crippen LogP contribution in [0.25, 0.3) is 0 Å². The molecule has 0 aliphatic carbocycles. The molecule has 0 fully saturated rings. The van der Waals surface area contributed by atoms with Crippen LogP contribution in [0.5, 0.6) is 0 Å². The first-order chi connectivity index (χ1) is 16.0. The quantitative estimate of drug-likeness (QED) is 0.447. The summed E-state index contributed by atoms with van der Waals surface area (Å²) in [5.41, 5.74) is 0.893. The van der Waals surface area contributed by atoms with Crippen LogP contribution in [0.15, 0.2) is 24.3 Å². The van der Waals surface area contributed by atoms with Crippen molar-refractivity contribution in [3.05, 3.63) is 35.4 Å². The Labute approximate surface area is 202 Å². The van der Waals surface area contributed by atoms with E-state index in [1.165, 1.54) is 4.90 Å². The van der Waals surface area contributed by atoms with Gasteiger partial charge in [-0.2, -0.15) is 0 Å². The number of carbonyl (C=O) groups excluding carboxylic acids is 4. The van der Waals surface area contributed by atoms with Crippen molar-refractivity contribution in [3.63, 3.8) is 0 Å². The third kappa shape index (κ3) is 10.7. The first-order valence-electron chi connectivity index (χ1n) is 11.7. The Bertz CT molecular complexity index is 834. The summed E-state index contributed by atoms with van der Waals surface area (Å²) in [5, 5.41) is 5.23. The third-order valence-electron chi connectivity index (χ3n) is 4.71. The highest BCUT2D eigenvalue weighted by Crippen LogP contribution is 2.23. The van der Waals surface area contributed by atoms with Crippen LogP contribution < -0.4 is 10.6 Å². The molecule has 0 heterocycles. The second-order valence-electron chi connectivity index (χ2n) is 8.96. The van der Waals surface area contributed by atoms with Gasteiger partial charge in [-0.15, -0.1) is 0 Å². The molecule has 0 radical (unpaired) electrons. The Morgan fingerprint density at radius 1 is 1.09 bits per heavy atom. The molecule has 1 atom stereocenters. The summed E-state index contributed by atoms with van der Waals surface area (Å²) in [7, 11) is 0. The number of carbonyl (C=O) groups is 4. The Morgan fingerprint density at radius 3 is 2.38 bits per heavy atom. The number of nitrogens with zero attached hydrogens (tertiary/aromatic N) is 1. The molecule has 3 amide bonds. The monoisotopic (exact) mass is 477 g/mol. The highest BCUT2D eigenvalue weighted by Gasteiger charge is 2.31. The maximum atomic E-state index is 13.3. The van der Waals surface area contributed by atoms with Gasteiger partial charge >= 0.3 is 12.1 Å². The lowest BCUT2D eigenvalue weighted by Gasteiger charge is -2.32. The molecular weight excluding hydrogens is 438 g/mol. The molecule has 1 aromatic carbocycles. The minimum absolute atomic E-state index is 0.0310. The number of esters is 1. The summed E-state index contributed by atoms with van der Waals surface area (Å²) in [6, 6.07) is 6.45. The molecule has 1 aromatic rings. The van der Waals surface area contributed by atoms with Crippen molar-refractivity contribution in [3.8, 4) is 0 Å². The van der Waals surface area contributed by atoms with Crippen molar-refractivity contribution in [2.75, 3.05) is 26.2 Å². The van der Waals surface area contributed by atoms with Gasteiger partial charge in [0, 0.05) is 13.1 Å². The zero-order valence-electron chi connectivity index (χ0n) is 21.2. The van der Waals surface area contributed by atoms with E-state index >= 15 is 0 Å². The van der Waals surface area contributed by atoms with Gasteiger partial charge in [0.15, 0.2) is 0 Å². The van der Waals surface area contributed by atoms with E-state index in [2.05, 4.69) is 10.6 Å². The van der Waals surface area contributed by atoms with Gasteiger partial charge in [0.2, 0.25) is 11.8 Å². The molecule has 0 aromatic heterocycles. The summed E-state index contributed by atoms with van der Waals surface area (Å²) in [6.07, 6.45) is 0.816. The number of hydrogen-bond acceptors (Lipinski definition) is 6. The SMILES string of the molecule is CCCCN(C(=O)CNC(=O)OC(C)(C)C)C(C(=O)NCCC(=O)OCC)c1cccc(C)c1. The van der Waals surface area contributed by atoms with Crippen LogP contribution in [-0.2, 0) is 23.9 Å². The third-order valence-corrected chi connectivity index (χ3v) is 4.71. The molecule has 9 heteroatoms. The molecule has 1 unspecified atom stereocenters. The van der Waals surface area contributed by atoms with E-state index in [0.29, 0.717) is 18.5 Å². The normalized spacial score (nSPS) is 11.8. The van der Waals surface area contributed by atoms with E-state index in [-0.39, 0.29) is 26.1 Å². The van der Waals surface area contributed by atoms with Crippen molar-refractivity contribution in [1.82, 2.24) is 15.5 Å². The van der Waals surface area contributed by atoms with Crippen LogP contribution in [0, 0.1) is 6.92 Å². The van der Waals surface area contributed by atoms with Crippen LogP contribution in [0.1, 0.15) is 71.0 Å². The number of hydrogen-bond donors (Lipinski definition) is 2. The highest BCUT2D eigenvalue weighted by atomic mass is 16.6. The van der Waals surface area contributed by atoms with E-state index in [9.17, 15) is 19.2 Å². The summed E-state index contributed by atoms with van der Waals surface area (Å²) >= 11 is 0. The zero-order chi connectivity index (χ0) is 25.7. The van der Waals surface area contributed by atoms with E-state index in [0.717, 1.165) is 12.0 Å². The average Bonchev–Trinajstić information content (AvgIpc) is 2.73. The minimum atomic E-state index is -0.915. The van der Waals surface area contributed by atoms with Crippen molar-refractivity contribution in [2.45, 2.75) is 72.4 Å². The number of rotatable bonds is 12. The fourth-order valence-electron chi connectivity index (χ4n) is 3.22. The van der Waals surface area contributed by atoms with Gasteiger partial charge in [0.25, 0.3) is 0 Å². The average molecular weight is 478 g/mol. The molecule has 0 bridgehead atoms. The lowest BCUT2D eigenvalue weighted by Crippen LogP contribution is -2.48. The number of benzene rings is 1. The van der Waals surface area contributed by atoms with Crippen LogP contribution >= 0.6 is 0 Å². The smallest absolute Gasteiger partial charge is 0.408 e. The number of amides is 3. The molecule has 190 valence electrons. The molecule has 34 heavy (non-hydrogen) atoms. The Morgan fingerprint density at radius 2 is 1.79 bits per heavy atom. The first-order valence-corrected chi connectivity index (χ1v) is 11.7. The predicted molar refractivity (Wildman–Crippen MR) is 129 cm³/mol. The maximum absolute atomic E-state index is 13.3. The first kappa shape index (κ1) is 28.9. The standard InChI is InChI=1S/C25H39N3O6/c1-7-9-15-28(20(29)17-27-24(32)34-25(4,5)6)22(19-12-10-11-18(3)16-19)23(31)26-14-13-21(30)33-8-2/h10-12,16,22H,7-9,13-15,17H2,1-6H3,(H,26,31)(H,27,32). The predicted octanol–water partition coefficient (Wildman–Crippen LogP) is 3.26. The molecule has 0 saturated carbocycles. The second kappa shape index (κ2) is 14.2. The van der Waals surface area contributed by atoms with Crippen LogP contribution in [-0.4, -0.2) is 60.6 Å².